The number of aliphatic hydroxyl groups excluding tert-OH is 1. The van der Waals surface area contributed by atoms with E-state index < -0.39 is 96.4 Å². The van der Waals surface area contributed by atoms with Gasteiger partial charge in [0.25, 0.3) is 0 Å². The fourth-order valence-electron chi connectivity index (χ4n) is 5.26. The van der Waals surface area contributed by atoms with E-state index in [1.807, 2.05) is 20.8 Å². The van der Waals surface area contributed by atoms with Gasteiger partial charge in [-0.1, -0.05) is 48.0 Å². The second-order valence-corrected chi connectivity index (χ2v) is 13.0. The van der Waals surface area contributed by atoms with E-state index in [1.165, 1.54) is 18.9 Å². The first kappa shape index (κ1) is 41.7. The highest BCUT2D eigenvalue weighted by molar-refractivity contribution is 5.96. The van der Waals surface area contributed by atoms with E-state index in [9.17, 15) is 38.3 Å². The van der Waals surface area contributed by atoms with Gasteiger partial charge in [0.05, 0.1) is 18.2 Å². The van der Waals surface area contributed by atoms with Crippen LogP contribution in [0.2, 0.25) is 0 Å². The number of esters is 1. The molecule has 7 N–H and O–H groups in total. The van der Waals surface area contributed by atoms with Crippen LogP contribution in [0.15, 0.2) is 0 Å². The molecule has 0 bridgehead atoms. The molecule has 47 heavy (non-hydrogen) atoms. The van der Waals surface area contributed by atoms with Crippen molar-refractivity contribution in [2.24, 2.45) is 23.5 Å². The number of halogens is 1. The molecule has 1 rings (SSSR count). The second-order valence-electron chi connectivity index (χ2n) is 13.0. The van der Waals surface area contributed by atoms with Crippen LogP contribution in [0.3, 0.4) is 0 Å². The fraction of sp³-hybridized carbons (Fsp3) is 0.812. The van der Waals surface area contributed by atoms with Crippen LogP contribution >= 0.6 is 0 Å². The molecule has 0 aromatic heterocycles. The molecule has 1 saturated heterocycles. The summed E-state index contributed by atoms with van der Waals surface area (Å²) < 4.78 is 19.7. The number of carbonyl (C=O) groups excluding carboxylic acids is 6. The summed E-state index contributed by atoms with van der Waals surface area (Å²) >= 11 is 0. The maximum Gasteiger partial charge on any atom is 0.325 e. The van der Waals surface area contributed by atoms with E-state index in [4.69, 9.17) is 10.5 Å². The number of hydrogen-bond donors (Lipinski definition) is 6. The van der Waals surface area contributed by atoms with E-state index in [0.717, 1.165) is 0 Å². The van der Waals surface area contributed by atoms with Crippen LogP contribution in [-0.4, -0.2) is 108 Å². The molecule has 0 radical (unpaired) electrons. The number of alkyl halides is 1. The van der Waals surface area contributed by atoms with Crippen LogP contribution in [0.25, 0.3) is 0 Å². The molecular formula is C32H57FN6O8. The smallest absolute Gasteiger partial charge is 0.325 e. The maximum atomic E-state index is 14.0. The minimum absolute atomic E-state index is 0.0336. The van der Waals surface area contributed by atoms with Crippen LogP contribution in [0.1, 0.15) is 87.0 Å². The zero-order chi connectivity index (χ0) is 36.0. The number of ether oxygens (including phenoxy) is 1. The lowest BCUT2D eigenvalue weighted by Crippen LogP contribution is -2.62. The summed E-state index contributed by atoms with van der Waals surface area (Å²) in [6.45, 7) is 10.8. The molecule has 0 aromatic rings. The summed E-state index contributed by atoms with van der Waals surface area (Å²) in [5.41, 5.74) is 5.79. The normalized spacial score (nSPS) is 28.1. The number of nitrogens with zero attached hydrogens (tertiary/aromatic N) is 1. The fourth-order valence-corrected chi connectivity index (χ4v) is 5.26. The SMILES string of the molecule is CCC(F)CCCC1OC(=O)CNC(=O)[C@H]([C@H](C)O)NC(=O)[C@H](CN)NC(=O)[C@H]([C@H](C)CC)NC(=O)[C@H](CC(C)C)N(C)C(=O)[C@@H]1C. The molecule has 15 heteroatoms. The van der Waals surface area contributed by atoms with E-state index in [1.54, 1.807) is 20.8 Å². The molecule has 1 fully saturated rings. The van der Waals surface area contributed by atoms with Gasteiger partial charge < -0.3 is 41.7 Å². The number of nitrogens with one attached hydrogen (secondary N) is 4. The van der Waals surface area contributed by atoms with Gasteiger partial charge in [0.15, 0.2) is 0 Å². The maximum absolute atomic E-state index is 14.0. The zero-order valence-electron chi connectivity index (χ0n) is 29.1. The molecule has 270 valence electrons. The molecule has 2 unspecified atom stereocenters. The molecule has 0 aromatic carbocycles. The first-order valence-corrected chi connectivity index (χ1v) is 16.7. The number of likely N-dealkylation sites (N-methyl/N-ethyl adjacent to an activating group) is 1. The third-order valence-corrected chi connectivity index (χ3v) is 8.62. The van der Waals surface area contributed by atoms with E-state index in [-0.39, 0.29) is 31.7 Å². The Morgan fingerprint density at radius 3 is 2.09 bits per heavy atom. The minimum Gasteiger partial charge on any atom is -0.460 e. The number of nitrogens with two attached hydrogens (primary N) is 1. The Kier molecular flexibility index (Phi) is 17.9. The Bertz CT molecular complexity index is 1080. The summed E-state index contributed by atoms with van der Waals surface area (Å²) in [6.07, 6.45) is -1.81. The number of rotatable bonds is 11. The van der Waals surface area contributed by atoms with Crippen molar-refractivity contribution in [2.75, 3.05) is 20.1 Å². The van der Waals surface area contributed by atoms with E-state index >= 15 is 0 Å². The first-order chi connectivity index (χ1) is 22.0. The molecule has 0 saturated carbocycles. The Morgan fingerprint density at radius 2 is 1.55 bits per heavy atom. The Morgan fingerprint density at radius 1 is 0.936 bits per heavy atom. The Hall–Kier alpha value is -3.33. The van der Waals surface area contributed by atoms with E-state index in [2.05, 4.69) is 21.3 Å². The van der Waals surface area contributed by atoms with Crippen LogP contribution in [0, 0.1) is 17.8 Å². The Balaban J connectivity index is 3.63. The van der Waals surface area contributed by atoms with Gasteiger partial charge in [0.2, 0.25) is 29.5 Å². The van der Waals surface area contributed by atoms with Crippen molar-refractivity contribution >= 4 is 35.5 Å². The van der Waals surface area contributed by atoms with Crippen LogP contribution in [0.5, 0.6) is 0 Å². The predicted molar refractivity (Wildman–Crippen MR) is 173 cm³/mol. The van der Waals surface area contributed by atoms with Crippen molar-refractivity contribution < 1.29 is 43.0 Å². The van der Waals surface area contributed by atoms with Crippen LogP contribution in [-0.2, 0) is 33.5 Å². The topological polar surface area (TPSA) is 209 Å². The van der Waals surface area contributed by atoms with Crippen molar-refractivity contribution in [3.63, 3.8) is 0 Å². The number of hydrogen-bond acceptors (Lipinski definition) is 9. The number of cyclic esters (lactones) is 1. The molecule has 0 aliphatic carbocycles. The summed E-state index contributed by atoms with van der Waals surface area (Å²) in [4.78, 5) is 81.5. The molecule has 14 nitrogen and oxygen atoms in total. The summed E-state index contributed by atoms with van der Waals surface area (Å²) in [6, 6.07) is -4.96. The highest BCUT2D eigenvalue weighted by Gasteiger charge is 2.38. The molecule has 9 atom stereocenters. The van der Waals surface area contributed by atoms with Crippen molar-refractivity contribution in [3.8, 4) is 0 Å². The van der Waals surface area contributed by atoms with Gasteiger partial charge in [-0.05, 0) is 50.9 Å². The summed E-state index contributed by atoms with van der Waals surface area (Å²) in [5, 5.41) is 20.2. The lowest BCUT2D eigenvalue weighted by Gasteiger charge is -2.34. The largest absolute Gasteiger partial charge is 0.460 e. The van der Waals surface area contributed by atoms with Gasteiger partial charge in [-0.15, -0.1) is 0 Å². The molecule has 1 aliphatic rings. The quantitative estimate of drug-likeness (QED) is 0.167. The zero-order valence-corrected chi connectivity index (χ0v) is 29.1. The number of amides is 5. The third kappa shape index (κ3) is 13.0. The average molecular weight is 673 g/mol. The average Bonchev–Trinajstić information content (AvgIpc) is 3.03. The second kappa shape index (κ2) is 20.1. The summed E-state index contributed by atoms with van der Waals surface area (Å²) in [7, 11) is 1.46. The van der Waals surface area contributed by atoms with Gasteiger partial charge in [0, 0.05) is 13.6 Å². The van der Waals surface area contributed by atoms with Gasteiger partial charge in [-0.25, -0.2) is 4.39 Å². The van der Waals surface area contributed by atoms with Crippen molar-refractivity contribution in [1.82, 2.24) is 26.2 Å². The van der Waals surface area contributed by atoms with Gasteiger partial charge in [0.1, 0.15) is 36.8 Å². The standard InChI is InChI=1S/C32H57FN6O8/c1-9-18(5)26-31(45)36-22(15-34)28(42)38-27(20(7)40)30(44)35-16-25(41)47-24(13-11-12-21(33)10-2)19(6)32(46)39(8)23(14-17(3)4)29(43)37-26/h17-24,26-27,40H,9-16,34H2,1-8H3,(H,35,44)(H,36,45)(H,37,43)(H,38,42)/t18-,19-,20+,21?,22+,23+,24?,26+,27+/m1/s1. The molecule has 1 aliphatic heterocycles. The van der Waals surface area contributed by atoms with Crippen LogP contribution < -0.4 is 27.0 Å². The molecule has 0 spiro atoms. The highest BCUT2D eigenvalue weighted by Crippen LogP contribution is 2.22. The Labute approximate surface area is 277 Å². The lowest BCUT2D eigenvalue weighted by atomic mass is 9.94. The van der Waals surface area contributed by atoms with Crippen molar-refractivity contribution in [2.45, 2.75) is 130 Å². The molecule has 5 amide bonds. The highest BCUT2D eigenvalue weighted by atomic mass is 19.1. The number of carbonyl (C=O) groups is 6. The monoisotopic (exact) mass is 672 g/mol. The van der Waals surface area contributed by atoms with Gasteiger partial charge in [-0.2, -0.15) is 0 Å². The van der Waals surface area contributed by atoms with E-state index in [0.29, 0.717) is 19.3 Å². The van der Waals surface area contributed by atoms with Crippen molar-refractivity contribution in [1.29, 1.82) is 0 Å². The number of aliphatic hydroxyl groups is 1. The minimum atomic E-state index is -1.52. The van der Waals surface area contributed by atoms with Gasteiger partial charge in [-0.3, -0.25) is 28.8 Å². The predicted octanol–water partition coefficient (Wildman–Crippen LogP) is 0.296. The summed E-state index contributed by atoms with van der Waals surface area (Å²) in [5.74, 6) is -5.84. The van der Waals surface area contributed by atoms with Crippen LogP contribution in [0.4, 0.5) is 4.39 Å². The lowest BCUT2D eigenvalue weighted by molar-refractivity contribution is -0.157. The van der Waals surface area contributed by atoms with Crippen molar-refractivity contribution in [3.05, 3.63) is 0 Å². The first-order valence-electron chi connectivity index (χ1n) is 16.7. The molecular weight excluding hydrogens is 615 g/mol. The molecule has 1 heterocycles. The third-order valence-electron chi connectivity index (χ3n) is 8.62. The van der Waals surface area contributed by atoms with Gasteiger partial charge >= 0.3 is 5.97 Å².